The Bertz CT molecular complexity index is 801. The molecule has 0 aliphatic carbocycles. The Hall–Kier alpha value is -2.33. The highest BCUT2D eigenvalue weighted by atomic mass is 35.5. The van der Waals surface area contributed by atoms with E-state index in [0.717, 1.165) is 22.5 Å². The Morgan fingerprint density at radius 1 is 1.14 bits per heavy atom. The van der Waals surface area contributed by atoms with Gasteiger partial charge in [0.1, 0.15) is 0 Å². The minimum absolute atomic E-state index is 0.0243. The van der Waals surface area contributed by atoms with E-state index in [4.69, 9.17) is 11.6 Å². The number of hydrogen-bond acceptors (Lipinski definition) is 2. The molecule has 0 bridgehead atoms. The van der Waals surface area contributed by atoms with E-state index in [1.165, 1.54) is 0 Å². The molecule has 0 aromatic heterocycles. The average molecular weight is 298 g/mol. The van der Waals surface area contributed by atoms with Gasteiger partial charge in [0.05, 0.1) is 29.2 Å². The number of hydrogen-bond donors (Lipinski definition) is 1. The third kappa shape index (κ3) is 1.83. The average Bonchev–Trinajstić information content (AvgIpc) is 2.95. The first-order valence-electron chi connectivity index (χ1n) is 6.57. The molecule has 0 fully saturated rings. The number of amides is 2. The molecule has 0 atom stereocenters. The molecular formula is C16H10ClN2O2. The lowest BCUT2D eigenvalue weighted by molar-refractivity contribution is -0.117. The molecule has 0 unspecified atom stereocenters. The third-order valence-electron chi connectivity index (χ3n) is 3.79. The second-order valence-corrected chi connectivity index (χ2v) is 5.55. The first-order chi connectivity index (χ1) is 10.1. The number of nitrogens with one attached hydrogen (secondary N) is 1. The van der Waals surface area contributed by atoms with Gasteiger partial charge in [0.25, 0.3) is 0 Å². The number of carbonyl (C=O) groups is 2. The minimum atomic E-state index is -0.0547. The van der Waals surface area contributed by atoms with E-state index in [-0.39, 0.29) is 11.8 Å². The Balaban J connectivity index is 1.86. The first kappa shape index (κ1) is 12.4. The minimum Gasteiger partial charge on any atom is -0.325 e. The maximum atomic E-state index is 12.3. The Morgan fingerprint density at radius 3 is 2.86 bits per heavy atom. The number of nitrogens with zero attached hydrogens (tertiary/aromatic N) is 1. The molecule has 21 heavy (non-hydrogen) atoms. The molecule has 2 aliphatic heterocycles. The molecule has 1 radical (unpaired) electrons. The summed E-state index contributed by atoms with van der Waals surface area (Å²) in [4.78, 5) is 25.4. The van der Waals surface area contributed by atoms with Crippen molar-refractivity contribution in [3.63, 3.8) is 0 Å². The van der Waals surface area contributed by atoms with E-state index in [0.29, 0.717) is 23.6 Å². The predicted octanol–water partition coefficient (Wildman–Crippen LogP) is 2.86. The highest BCUT2D eigenvalue weighted by molar-refractivity contribution is 6.35. The summed E-state index contributed by atoms with van der Waals surface area (Å²) in [6.07, 6.45) is 0.661. The Labute approximate surface area is 126 Å². The van der Waals surface area contributed by atoms with Gasteiger partial charge in [-0.25, -0.2) is 0 Å². The van der Waals surface area contributed by atoms with Crippen molar-refractivity contribution in [3.05, 3.63) is 52.5 Å². The number of rotatable bonds is 1. The highest BCUT2D eigenvalue weighted by Crippen LogP contribution is 2.41. The van der Waals surface area contributed by atoms with Crippen LogP contribution in [0.4, 0.5) is 17.1 Å². The molecule has 2 aromatic carbocycles. The smallest absolute Gasteiger partial charge is 0.236 e. The third-order valence-corrected chi connectivity index (χ3v) is 4.10. The van der Waals surface area contributed by atoms with Gasteiger partial charge >= 0.3 is 0 Å². The van der Waals surface area contributed by atoms with Crippen molar-refractivity contribution in [1.29, 1.82) is 0 Å². The van der Waals surface area contributed by atoms with Gasteiger partial charge in [-0.15, -0.1) is 0 Å². The van der Waals surface area contributed by atoms with E-state index >= 15 is 0 Å². The monoisotopic (exact) mass is 297 g/mol. The molecule has 0 saturated carbocycles. The van der Waals surface area contributed by atoms with E-state index in [2.05, 4.69) is 11.4 Å². The van der Waals surface area contributed by atoms with E-state index in [1.54, 1.807) is 17.0 Å². The molecule has 1 N–H and O–H groups in total. The van der Waals surface area contributed by atoms with Crippen molar-refractivity contribution in [2.45, 2.75) is 12.8 Å². The van der Waals surface area contributed by atoms with E-state index in [9.17, 15) is 9.59 Å². The van der Waals surface area contributed by atoms with Crippen molar-refractivity contribution < 1.29 is 9.59 Å². The van der Waals surface area contributed by atoms with Crippen LogP contribution in [0.3, 0.4) is 0 Å². The molecule has 2 amide bonds. The zero-order valence-electron chi connectivity index (χ0n) is 10.9. The van der Waals surface area contributed by atoms with Crippen LogP contribution >= 0.6 is 11.6 Å². The SMILES string of the molecule is O=C1Cc2cc(N3C(=O)Cc4c[c]ccc43)c(Cl)cc2N1. The fraction of sp³-hybridized carbons (Fsp3) is 0.125. The van der Waals surface area contributed by atoms with Crippen molar-refractivity contribution in [2.24, 2.45) is 0 Å². The lowest BCUT2D eigenvalue weighted by Crippen LogP contribution is -2.21. The van der Waals surface area contributed by atoms with Crippen LogP contribution in [0.1, 0.15) is 11.1 Å². The summed E-state index contributed by atoms with van der Waals surface area (Å²) < 4.78 is 0. The maximum Gasteiger partial charge on any atom is 0.236 e. The first-order valence-corrected chi connectivity index (χ1v) is 6.95. The molecule has 2 aromatic rings. The molecule has 2 heterocycles. The van der Waals surface area contributed by atoms with E-state index in [1.807, 2.05) is 18.2 Å². The van der Waals surface area contributed by atoms with Crippen LogP contribution in [-0.4, -0.2) is 11.8 Å². The molecule has 0 spiro atoms. The van der Waals surface area contributed by atoms with Crippen molar-refractivity contribution in [2.75, 3.05) is 10.2 Å². The summed E-state index contributed by atoms with van der Waals surface area (Å²) in [5.74, 6) is -0.0790. The summed E-state index contributed by atoms with van der Waals surface area (Å²) in [6.45, 7) is 0. The molecule has 2 aliphatic rings. The number of benzene rings is 2. The molecular weight excluding hydrogens is 288 g/mol. The van der Waals surface area contributed by atoms with Gasteiger partial charge in [0, 0.05) is 5.69 Å². The van der Waals surface area contributed by atoms with Gasteiger partial charge in [-0.05, 0) is 41.5 Å². The number of carbonyl (C=O) groups excluding carboxylic acids is 2. The molecule has 5 heteroatoms. The molecule has 4 nitrogen and oxygen atoms in total. The van der Waals surface area contributed by atoms with Crippen LogP contribution in [0, 0.1) is 6.07 Å². The molecule has 103 valence electrons. The normalized spacial score (nSPS) is 16.0. The van der Waals surface area contributed by atoms with Crippen LogP contribution in [0.2, 0.25) is 5.02 Å². The van der Waals surface area contributed by atoms with Gasteiger partial charge in [-0.3, -0.25) is 14.5 Å². The van der Waals surface area contributed by atoms with Crippen LogP contribution in [-0.2, 0) is 22.4 Å². The Morgan fingerprint density at radius 2 is 2.00 bits per heavy atom. The van der Waals surface area contributed by atoms with Crippen molar-refractivity contribution in [3.8, 4) is 0 Å². The second kappa shape index (κ2) is 4.33. The molecule has 4 rings (SSSR count). The standard InChI is InChI=1S/C16H10ClN2O2/c17-11-8-12-10(6-15(20)18-12)5-14(11)19-13-4-2-1-3-9(13)7-16(19)21/h2-5,8H,6-7H2,(H,18,20). The fourth-order valence-electron chi connectivity index (χ4n) is 2.86. The maximum absolute atomic E-state index is 12.3. The van der Waals surface area contributed by atoms with Crippen LogP contribution in [0.25, 0.3) is 0 Å². The zero-order valence-corrected chi connectivity index (χ0v) is 11.7. The number of anilines is 3. The van der Waals surface area contributed by atoms with Crippen LogP contribution in [0.15, 0.2) is 30.3 Å². The second-order valence-electron chi connectivity index (χ2n) is 5.15. The Kier molecular flexibility index (Phi) is 2.56. The summed E-state index contributed by atoms with van der Waals surface area (Å²) >= 11 is 6.31. The largest absolute Gasteiger partial charge is 0.325 e. The summed E-state index contributed by atoms with van der Waals surface area (Å²) in [5.41, 5.74) is 3.98. The summed E-state index contributed by atoms with van der Waals surface area (Å²) in [6, 6.07) is 12.0. The van der Waals surface area contributed by atoms with Crippen molar-refractivity contribution >= 4 is 40.5 Å². The van der Waals surface area contributed by atoms with Crippen molar-refractivity contribution in [1.82, 2.24) is 0 Å². The van der Waals surface area contributed by atoms with Gasteiger partial charge < -0.3 is 5.32 Å². The van der Waals surface area contributed by atoms with Gasteiger partial charge in [0.15, 0.2) is 0 Å². The zero-order chi connectivity index (χ0) is 14.6. The van der Waals surface area contributed by atoms with Crippen LogP contribution in [0.5, 0.6) is 0 Å². The highest BCUT2D eigenvalue weighted by Gasteiger charge is 2.31. The van der Waals surface area contributed by atoms with Gasteiger partial charge in [-0.1, -0.05) is 17.7 Å². The fourth-order valence-corrected chi connectivity index (χ4v) is 3.11. The van der Waals surface area contributed by atoms with Gasteiger partial charge in [0.2, 0.25) is 11.8 Å². The van der Waals surface area contributed by atoms with Crippen LogP contribution < -0.4 is 10.2 Å². The lowest BCUT2D eigenvalue weighted by atomic mass is 10.1. The quantitative estimate of drug-likeness (QED) is 0.880. The summed E-state index contributed by atoms with van der Waals surface area (Å²) in [5, 5.41) is 3.20. The van der Waals surface area contributed by atoms with E-state index < -0.39 is 0 Å². The predicted molar refractivity (Wildman–Crippen MR) is 79.9 cm³/mol. The number of fused-ring (bicyclic) bond motifs is 2. The number of halogens is 1. The molecule has 0 saturated heterocycles. The van der Waals surface area contributed by atoms with Gasteiger partial charge in [-0.2, -0.15) is 0 Å². The topological polar surface area (TPSA) is 49.4 Å². The summed E-state index contributed by atoms with van der Waals surface area (Å²) in [7, 11) is 0. The lowest BCUT2D eigenvalue weighted by Gasteiger charge is -2.20.